The number of H-pyrrole nitrogens is 1. The minimum absolute atomic E-state index is 0.785. The lowest BCUT2D eigenvalue weighted by Gasteiger charge is -2.19. The van der Waals surface area contributed by atoms with Crippen molar-refractivity contribution in [3.05, 3.63) is 29.0 Å². The minimum Gasteiger partial charge on any atom is -0.346 e. The van der Waals surface area contributed by atoms with Gasteiger partial charge in [0.15, 0.2) is 0 Å². The predicted molar refractivity (Wildman–Crippen MR) is 78.5 cm³/mol. The maximum atomic E-state index is 6.29. The number of aromatic amines is 1. The molecule has 102 valence electrons. The third kappa shape index (κ3) is 2.76. The van der Waals surface area contributed by atoms with Crippen molar-refractivity contribution in [1.82, 2.24) is 19.8 Å². The van der Waals surface area contributed by atoms with E-state index in [1.807, 2.05) is 12.3 Å². The van der Waals surface area contributed by atoms with Crippen LogP contribution in [-0.4, -0.2) is 53.0 Å². The van der Waals surface area contributed by atoms with Crippen LogP contribution in [0.25, 0.3) is 11.0 Å². The summed E-state index contributed by atoms with van der Waals surface area (Å²) in [4.78, 5) is 12.4. The SMILES string of the molecule is CN1CCCN(Cc2c[nH]c3nccc(Cl)c23)CC1. The van der Waals surface area contributed by atoms with Crippen molar-refractivity contribution in [2.75, 3.05) is 33.2 Å². The molecule has 3 heterocycles. The van der Waals surface area contributed by atoms with E-state index in [-0.39, 0.29) is 0 Å². The van der Waals surface area contributed by atoms with E-state index in [2.05, 4.69) is 26.8 Å². The number of pyridine rings is 1. The smallest absolute Gasteiger partial charge is 0.139 e. The topological polar surface area (TPSA) is 35.2 Å². The molecule has 2 aromatic heterocycles. The molecule has 0 aromatic carbocycles. The van der Waals surface area contributed by atoms with Gasteiger partial charge in [0.1, 0.15) is 5.65 Å². The van der Waals surface area contributed by atoms with Gasteiger partial charge >= 0.3 is 0 Å². The molecular formula is C14H19ClN4. The summed E-state index contributed by atoms with van der Waals surface area (Å²) in [5.74, 6) is 0. The summed E-state index contributed by atoms with van der Waals surface area (Å²) >= 11 is 6.29. The van der Waals surface area contributed by atoms with Gasteiger partial charge in [-0.15, -0.1) is 0 Å². The molecule has 0 atom stereocenters. The molecule has 0 bridgehead atoms. The molecule has 1 fully saturated rings. The Morgan fingerprint density at radius 2 is 2.21 bits per heavy atom. The second-order valence-corrected chi connectivity index (χ2v) is 5.67. The zero-order valence-electron chi connectivity index (χ0n) is 11.2. The standard InChI is InChI=1S/C14H19ClN4/c1-18-5-2-6-19(8-7-18)10-11-9-17-14-13(11)12(15)3-4-16-14/h3-4,9H,2,5-8,10H2,1H3,(H,16,17). The van der Waals surface area contributed by atoms with E-state index in [1.54, 1.807) is 6.20 Å². The average Bonchev–Trinajstić information content (AvgIpc) is 2.69. The molecule has 1 N–H and O–H groups in total. The number of hydrogen-bond donors (Lipinski definition) is 1. The molecule has 1 aliphatic rings. The summed E-state index contributed by atoms with van der Waals surface area (Å²) in [5.41, 5.74) is 2.13. The number of hydrogen-bond acceptors (Lipinski definition) is 3. The van der Waals surface area contributed by atoms with Gasteiger partial charge in [-0.25, -0.2) is 4.98 Å². The van der Waals surface area contributed by atoms with E-state index in [0.717, 1.165) is 42.2 Å². The summed E-state index contributed by atoms with van der Waals surface area (Å²) in [6.45, 7) is 5.52. The molecule has 0 amide bonds. The van der Waals surface area contributed by atoms with Crippen LogP contribution in [0.2, 0.25) is 5.02 Å². The van der Waals surface area contributed by atoms with Crippen LogP contribution in [0.15, 0.2) is 18.5 Å². The summed E-state index contributed by atoms with van der Waals surface area (Å²) in [5, 5.41) is 1.86. The maximum absolute atomic E-state index is 6.29. The summed E-state index contributed by atoms with van der Waals surface area (Å²) in [7, 11) is 2.19. The molecule has 1 saturated heterocycles. The molecule has 0 spiro atoms. The number of nitrogens with zero attached hydrogens (tertiary/aromatic N) is 3. The highest BCUT2D eigenvalue weighted by Crippen LogP contribution is 2.26. The van der Waals surface area contributed by atoms with Gasteiger partial charge in [-0.05, 0) is 38.2 Å². The first-order valence-corrected chi connectivity index (χ1v) is 7.13. The van der Waals surface area contributed by atoms with Crippen molar-refractivity contribution in [2.24, 2.45) is 0 Å². The third-order valence-electron chi connectivity index (χ3n) is 3.81. The molecule has 5 heteroatoms. The first-order chi connectivity index (χ1) is 9.24. The predicted octanol–water partition coefficient (Wildman–Crippen LogP) is 2.35. The van der Waals surface area contributed by atoms with Crippen LogP contribution in [0.4, 0.5) is 0 Å². The Labute approximate surface area is 118 Å². The number of halogens is 1. The van der Waals surface area contributed by atoms with Gasteiger partial charge in [-0.2, -0.15) is 0 Å². The number of rotatable bonds is 2. The highest BCUT2D eigenvalue weighted by molar-refractivity contribution is 6.35. The van der Waals surface area contributed by atoms with Gasteiger partial charge < -0.3 is 9.88 Å². The highest BCUT2D eigenvalue weighted by Gasteiger charge is 2.15. The second kappa shape index (κ2) is 5.49. The Balaban J connectivity index is 1.81. The number of likely N-dealkylation sites (N-methyl/N-ethyl adjacent to an activating group) is 1. The van der Waals surface area contributed by atoms with E-state index < -0.39 is 0 Å². The molecule has 19 heavy (non-hydrogen) atoms. The van der Waals surface area contributed by atoms with Gasteiger partial charge in [0.05, 0.1) is 5.02 Å². The monoisotopic (exact) mass is 278 g/mol. The fourth-order valence-corrected chi connectivity index (χ4v) is 2.97. The molecule has 3 rings (SSSR count). The largest absolute Gasteiger partial charge is 0.346 e. The van der Waals surface area contributed by atoms with Crippen LogP contribution in [0.1, 0.15) is 12.0 Å². The first-order valence-electron chi connectivity index (χ1n) is 6.75. The maximum Gasteiger partial charge on any atom is 0.139 e. The van der Waals surface area contributed by atoms with Gasteiger partial charge in [0, 0.05) is 37.4 Å². The fourth-order valence-electron chi connectivity index (χ4n) is 2.70. The zero-order chi connectivity index (χ0) is 13.2. The van der Waals surface area contributed by atoms with Crippen molar-refractivity contribution >= 4 is 22.6 Å². The number of aromatic nitrogens is 2. The number of nitrogens with one attached hydrogen (secondary N) is 1. The van der Waals surface area contributed by atoms with Crippen molar-refractivity contribution in [1.29, 1.82) is 0 Å². The highest BCUT2D eigenvalue weighted by atomic mass is 35.5. The van der Waals surface area contributed by atoms with Crippen LogP contribution < -0.4 is 0 Å². The van der Waals surface area contributed by atoms with Crippen molar-refractivity contribution < 1.29 is 0 Å². The normalized spacial score (nSPS) is 18.8. The van der Waals surface area contributed by atoms with Gasteiger partial charge in [-0.1, -0.05) is 11.6 Å². The summed E-state index contributed by atoms with van der Waals surface area (Å²) in [6.07, 6.45) is 5.01. The van der Waals surface area contributed by atoms with Crippen LogP contribution >= 0.6 is 11.6 Å². The Hall–Kier alpha value is -1.10. The molecule has 0 saturated carbocycles. The third-order valence-corrected chi connectivity index (χ3v) is 4.13. The molecule has 0 unspecified atom stereocenters. The van der Waals surface area contributed by atoms with Crippen LogP contribution in [0.3, 0.4) is 0 Å². The minimum atomic E-state index is 0.785. The fraction of sp³-hybridized carbons (Fsp3) is 0.500. The molecule has 2 aromatic rings. The van der Waals surface area contributed by atoms with Crippen molar-refractivity contribution in [3.8, 4) is 0 Å². The molecule has 1 aliphatic heterocycles. The Kier molecular flexibility index (Phi) is 3.73. The lowest BCUT2D eigenvalue weighted by Crippen LogP contribution is -2.28. The Morgan fingerprint density at radius 1 is 1.32 bits per heavy atom. The first kappa shape index (κ1) is 12.9. The second-order valence-electron chi connectivity index (χ2n) is 5.26. The lowest BCUT2D eigenvalue weighted by molar-refractivity contribution is 0.270. The van der Waals surface area contributed by atoms with E-state index >= 15 is 0 Å². The van der Waals surface area contributed by atoms with Crippen LogP contribution in [0, 0.1) is 0 Å². The van der Waals surface area contributed by atoms with E-state index in [1.165, 1.54) is 18.5 Å². The van der Waals surface area contributed by atoms with E-state index in [4.69, 9.17) is 11.6 Å². The zero-order valence-corrected chi connectivity index (χ0v) is 12.0. The Bertz CT molecular complexity index is 566. The molecule has 0 radical (unpaired) electrons. The summed E-state index contributed by atoms with van der Waals surface area (Å²) < 4.78 is 0. The number of fused-ring (bicyclic) bond motifs is 1. The van der Waals surface area contributed by atoms with Gasteiger partial charge in [0.25, 0.3) is 0 Å². The van der Waals surface area contributed by atoms with Crippen LogP contribution in [-0.2, 0) is 6.54 Å². The molecule has 0 aliphatic carbocycles. The lowest BCUT2D eigenvalue weighted by atomic mass is 10.2. The molecular weight excluding hydrogens is 260 g/mol. The Morgan fingerprint density at radius 3 is 3.11 bits per heavy atom. The van der Waals surface area contributed by atoms with Gasteiger partial charge in [0.2, 0.25) is 0 Å². The quantitative estimate of drug-likeness (QED) is 0.916. The average molecular weight is 279 g/mol. The van der Waals surface area contributed by atoms with Gasteiger partial charge in [-0.3, -0.25) is 4.90 Å². The van der Waals surface area contributed by atoms with Crippen molar-refractivity contribution in [3.63, 3.8) is 0 Å². The van der Waals surface area contributed by atoms with E-state index in [9.17, 15) is 0 Å². The van der Waals surface area contributed by atoms with E-state index in [0.29, 0.717) is 0 Å². The van der Waals surface area contributed by atoms with Crippen molar-refractivity contribution in [2.45, 2.75) is 13.0 Å². The molecule has 4 nitrogen and oxygen atoms in total. The van der Waals surface area contributed by atoms with Crippen LogP contribution in [0.5, 0.6) is 0 Å². The summed E-state index contributed by atoms with van der Waals surface area (Å²) in [6, 6.07) is 1.86.